The molecule has 1 aromatic carbocycles. The van der Waals surface area contributed by atoms with Gasteiger partial charge in [0, 0.05) is 0 Å². The summed E-state index contributed by atoms with van der Waals surface area (Å²) in [5.41, 5.74) is 1.36. The van der Waals surface area contributed by atoms with E-state index in [0.717, 1.165) is 5.56 Å². The quantitative estimate of drug-likeness (QED) is 0.620. The molecule has 0 aliphatic carbocycles. The molecule has 5 heteroatoms. The molecule has 0 atom stereocenters. The van der Waals surface area contributed by atoms with Gasteiger partial charge in [0.15, 0.2) is 0 Å². The molecule has 0 bridgehead atoms. The number of hydrogen-bond donors (Lipinski definition) is 2. The Balaban J connectivity index is 0. The molecule has 0 aliphatic rings. The van der Waals surface area contributed by atoms with Crippen LogP contribution in [0, 0.1) is 6.92 Å². The van der Waals surface area contributed by atoms with Crippen LogP contribution in [0.3, 0.4) is 0 Å². The van der Waals surface area contributed by atoms with E-state index in [4.69, 9.17) is 10.0 Å². The predicted molar refractivity (Wildman–Crippen MR) is 75.0 cm³/mol. The lowest BCUT2D eigenvalue weighted by Crippen LogP contribution is -2.30. The Morgan fingerprint density at radius 2 is 1.67 bits per heavy atom. The van der Waals surface area contributed by atoms with Crippen molar-refractivity contribution >= 4 is 18.6 Å². The highest BCUT2D eigenvalue weighted by molar-refractivity contribution is 6.58. The van der Waals surface area contributed by atoms with Crippen LogP contribution in [0.2, 0.25) is 0 Å². The fourth-order valence-electron chi connectivity index (χ4n) is 1.13. The van der Waals surface area contributed by atoms with E-state index in [0.29, 0.717) is 5.56 Å². The molecule has 0 fully saturated rings. The molecule has 0 heterocycles. The second-order valence-corrected chi connectivity index (χ2v) is 2.94. The number of ether oxygens (including phenoxy) is 1. The van der Waals surface area contributed by atoms with Crippen LogP contribution in [0.4, 0.5) is 0 Å². The molecule has 4 nitrogen and oxygen atoms in total. The largest absolute Gasteiger partial charge is 0.488 e. The Kier molecular flexibility index (Phi) is 11.4. The molecule has 0 unspecified atom stereocenters. The lowest BCUT2D eigenvalue weighted by Gasteiger charge is -2.06. The number of hydrogen-bond acceptors (Lipinski definition) is 4. The molecule has 1 aromatic rings. The van der Waals surface area contributed by atoms with E-state index in [1.54, 1.807) is 19.1 Å². The van der Waals surface area contributed by atoms with Crippen molar-refractivity contribution in [2.75, 3.05) is 7.11 Å². The lowest BCUT2D eigenvalue weighted by molar-refractivity contribution is 0.0600. The summed E-state index contributed by atoms with van der Waals surface area (Å²) in [6.07, 6.45) is 0. The van der Waals surface area contributed by atoms with Crippen LogP contribution in [0.1, 0.15) is 43.6 Å². The maximum Gasteiger partial charge on any atom is 0.488 e. The predicted octanol–water partition coefficient (Wildman–Crippen LogP) is 1.51. The molecular formula is C13H23BO4. The molecule has 0 aromatic heterocycles. The number of methoxy groups -OCH3 is 1. The van der Waals surface area contributed by atoms with Gasteiger partial charge in [0.05, 0.1) is 12.7 Å². The van der Waals surface area contributed by atoms with Gasteiger partial charge in [0.1, 0.15) is 0 Å². The second kappa shape index (κ2) is 10.8. The van der Waals surface area contributed by atoms with Crippen molar-refractivity contribution in [2.24, 2.45) is 0 Å². The minimum absolute atomic E-state index is 0.274. The summed E-state index contributed by atoms with van der Waals surface area (Å²) in [4.78, 5) is 11.2. The average molecular weight is 254 g/mol. The third-order valence-corrected chi connectivity index (χ3v) is 1.97. The summed E-state index contributed by atoms with van der Waals surface area (Å²) in [7, 11) is -0.289. The van der Waals surface area contributed by atoms with E-state index in [2.05, 4.69) is 4.74 Å². The van der Waals surface area contributed by atoms with Crippen molar-refractivity contribution in [3.63, 3.8) is 0 Å². The van der Waals surface area contributed by atoms with Crippen molar-refractivity contribution in [1.29, 1.82) is 0 Å². The van der Waals surface area contributed by atoms with E-state index in [9.17, 15) is 4.79 Å². The molecule has 0 aliphatic heterocycles. The van der Waals surface area contributed by atoms with Crippen molar-refractivity contribution in [3.8, 4) is 0 Å². The van der Waals surface area contributed by atoms with E-state index < -0.39 is 13.1 Å². The maximum atomic E-state index is 11.2. The van der Waals surface area contributed by atoms with Gasteiger partial charge in [0.2, 0.25) is 0 Å². The highest BCUT2D eigenvalue weighted by atomic mass is 16.5. The van der Waals surface area contributed by atoms with Gasteiger partial charge in [0.25, 0.3) is 0 Å². The van der Waals surface area contributed by atoms with E-state index >= 15 is 0 Å². The van der Waals surface area contributed by atoms with Crippen LogP contribution in [0.5, 0.6) is 0 Å². The van der Waals surface area contributed by atoms with Crippen LogP contribution in [0.25, 0.3) is 0 Å². The molecule has 0 radical (unpaired) electrons. The Labute approximate surface area is 110 Å². The number of carbonyl (C=O) groups excluding carboxylic acids is 1. The van der Waals surface area contributed by atoms with Gasteiger partial charge >= 0.3 is 13.1 Å². The fourth-order valence-corrected chi connectivity index (χ4v) is 1.13. The molecule has 102 valence electrons. The van der Waals surface area contributed by atoms with Gasteiger partial charge < -0.3 is 14.8 Å². The van der Waals surface area contributed by atoms with Gasteiger partial charge in [-0.3, -0.25) is 0 Å². The second-order valence-electron chi connectivity index (χ2n) is 2.94. The number of rotatable bonds is 2. The minimum atomic E-state index is -1.57. The topological polar surface area (TPSA) is 66.8 Å². The van der Waals surface area contributed by atoms with Crippen molar-refractivity contribution in [1.82, 2.24) is 0 Å². The lowest BCUT2D eigenvalue weighted by atomic mass is 9.79. The van der Waals surface area contributed by atoms with E-state index in [-0.39, 0.29) is 5.46 Å². The zero-order valence-corrected chi connectivity index (χ0v) is 12.0. The zero-order chi connectivity index (χ0) is 14.7. The summed E-state index contributed by atoms with van der Waals surface area (Å²) in [6, 6.07) is 4.60. The first-order chi connectivity index (χ1) is 8.56. The maximum absolute atomic E-state index is 11.2. The van der Waals surface area contributed by atoms with E-state index in [1.165, 1.54) is 13.2 Å². The first kappa shape index (κ1) is 19.0. The zero-order valence-electron chi connectivity index (χ0n) is 12.0. The number of carbonyl (C=O) groups is 1. The summed E-state index contributed by atoms with van der Waals surface area (Å²) in [6.45, 7) is 9.75. The van der Waals surface area contributed by atoms with Gasteiger partial charge in [-0.05, 0) is 24.0 Å². The molecule has 18 heavy (non-hydrogen) atoms. The van der Waals surface area contributed by atoms with Crippen molar-refractivity contribution < 1.29 is 19.6 Å². The van der Waals surface area contributed by atoms with E-state index in [1.807, 2.05) is 27.7 Å². The summed E-state index contributed by atoms with van der Waals surface area (Å²) < 4.78 is 4.55. The minimum Gasteiger partial charge on any atom is -0.465 e. The first-order valence-corrected chi connectivity index (χ1v) is 6.11. The third kappa shape index (κ3) is 5.84. The molecule has 0 amide bonds. The number of esters is 1. The Morgan fingerprint density at radius 1 is 1.17 bits per heavy atom. The van der Waals surface area contributed by atoms with Gasteiger partial charge in [-0.1, -0.05) is 39.8 Å². The normalized spacial score (nSPS) is 8.22. The van der Waals surface area contributed by atoms with Crippen LogP contribution in [-0.4, -0.2) is 30.2 Å². The van der Waals surface area contributed by atoms with Crippen LogP contribution in [-0.2, 0) is 4.74 Å². The standard InChI is InChI=1S/C9H11BO4.2C2H6/c1-6-3-4-7(10(12)13)5-8(6)9(11)14-2;2*1-2/h3-5,12-13H,1-2H3;2*1-2H3. The molecular weight excluding hydrogens is 231 g/mol. The monoisotopic (exact) mass is 254 g/mol. The van der Waals surface area contributed by atoms with Crippen LogP contribution >= 0.6 is 0 Å². The Morgan fingerprint density at radius 3 is 2.06 bits per heavy atom. The van der Waals surface area contributed by atoms with Gasteiger partial charge in [-0.25, -0.2) is 4.79 Å². The molecule has 2 N–H and O–H groups in total. The van der Waals surface area contributed by atoms with Gasteiger partial charge in [-0.2, -0.15) is 0 Å². The molecule has 0 spiro atoms. The van der Waals surface area contributed by atoms with Crippen LogP contribution in [0.15, 0.2) is 18.2 Å². The van der Waals surface area contributed by atoms with Crippen molar-refractivity contribution in [3.05, 3.63) is 29.3 Å². The summed E-state index contributed by atoms with van der Waals surface area (Å²) in [5.74, 6) is -0.481. The molecule has 0 saturated carbocycles. The third-order valence-electron chi connectivity index (χ3n) is 1.97. The smallest absolute Gasteiger partial charge is 0.465 e. The SMILES string of the molecule is CC.CC.COC(=O)c1cc(B(O)O)ccc1C. The van der Waals surface area contributed by atoms with Gasteiger partial charge in [-0.15, -0.1) is 0 Å². The highest BCUT2D eigenvalue weighted by Gasteiger charge is 2.15. The van der Waals surface area contributed by atoms with Crippen molar-refractivity contribution in [2.45, 2.75) is 34.6 Å². The Hall–Kier alpha value is -1.33. The summed E-state index contributed by atoms with van der Waals surface area (Å²) >= 11 is 0. The molecule has 1 rings (SSSR count). The average Bonchev–Trinajstić information content (AvgIpc) is 2.42. The molecule has 0 saturated heterocycles. The number of benzene rings is 1. The first-order valence-electron chi connectivity index (χ1n) is 6.11. The van der Waals surface area contributed by atoms with Crippen LogP contribution < -0.4 is 5.46 Å². The number of aryl methyl sites for hydroxylation is 1. The highest BCUT2D eigenvalue weighted by Crippen LogP contribution is 2.07. The Bertz CT molecular complexity index is 351. The fraction of sp³-hybridized carbons (Fsp3) is 0.462. The summed E-state index contributed by atoms with van der Waals surface area (Å²) in [5, 5.41) is 17.8.